The molecule has 0 heterocycles. The predicted octanol–water partition coefficient (Wildman–Crippen LogP) is 2.85. The number of aromatic hydroxyl groups is 1. The molecule has 0 aliphatic carbocycles. The summed E-state index contributed by atoms with van der Waals surface area (Å²) in [5.74, 6) is -0.353. The van der Waals surface area contributed by atoms with Crippen molar-refractivity contribution < 1.29 is 15.0 Å². The first-order valence-corrected chi connectivity index (χ1v) is 6.59. The van der Waals surface area contributed by atoms with Crippen molar-refractivity contribution in [2.24, 2.45) is 5.92 Å². The molecule has 106 valence electrons. The van der Waals surface area contributed by atoms with Crippen molar-refractivity contribution in [2.75, 3.05) is 0 Å². The van der Waals surface area contributed by atoms with Crippen molar-refractivity contribution in [3.05, 3.63) is 29.3 Å². The molecule has 0 spiro atoms. The number of rotatable bonds is 6. The highest BCUT2D eigenvalue weighted by Crippen LogP contribution is 2.25. The summed E-state index contributed by atoms with van der Waals surface area (Å²) in [6.45, 7) is 7.75. The summed E-state index contributed by atoms with van der Waals surface area (Å²) in [5, 5.41) is 22.2. The molecule has 1 rings (SSSR count). The zero-order valence-electron chi connectivity index (χ0n) is 12.0. The highest BCUT2D eigenvalue weighted by molar-refractivity contribution is 5.73. The molecule has 1 aromatic carbocycles. The van der Waals surface area contributed by atoms with E-state index in [0.29, 0.717) is 12.3 Å². The highest BCUT2D eigenvalue weighted by Gasteiger charge is 2.22. The van der Waals surface area contributed by atoms with Crippen molar-refractivity contribution in [3.63, 3.8) is 0 Å². The molecule has 0 bridgehead atoms. The van der Waals surface area contributed by atoms with Crippen LogP contribution in [0, 0.1) is 12.8 Å². The molecule has 0 saturated heterocycles. The van der Waals surface area contributed by atoms with E-state index in [1.807, 2.05) is 39.8 Å². The Hall–Kier alpha value is -1.55. The average Bonchev–Trinajstić information content (AvgIpc) is 2.26. The van der Waals surface area contributed by atoms with Gasteiger partial charge < -0.3 is 10.2 Å². The first-order valence-electron chi connectivity index (χ1n) is 6.59. The molecule has 4 heteroatoms. The number of aryl methyl sites for hydroxylation is 1. The van der Waals surface area contributed by atoms with Crippen LogP contribution in [0.1, 0.15) is 44.4 Å². The minimum atomic E-state index is -0.854. The maximum absolute atomic E-state index is 11.2. The minimum absolute atomic E-state index is 0.202. The van der Waals surface area contributed by atoms with Crippen LogP contribution in [0.2, 0.25) is 0 Å². The number of carboxylic acid groups (broad SMARTS) is 1. The molecule has 0 fully saturated rings. The number of phenols is 1. The van der Waals surface area contributed by atoms with Crippen LogP contribution in [0.25, 0.3) is 0 Å². The molecule has 2 atom stereocenters. The van der Waals surface area contributed by atoms with E-state index in [0.717, 1.165) is 11.1 Å². The first kappa shape index (κ1) is 15.5. The molecule has 4 nitrogen and oxygen atoms in total. The van der Waals surface area contributed by atoms with E-state index in [-0.39, 0.29) is 11.8 Å². The number of phenolic OH excluding ortho intramolecular Hbond substituents is 1. The Labute approximate surface area is 114 Å². The number of carboxylic acids is 1. The SMILES string of the molecule is Cc1ccc(C(C)NC(CC(C)C)C(=O)O)c(O)c1. The molecule has 0 aliphatic heterocycles. The van der Waals surface area contributed by atoms with Gasteiger partial charge in [-0.15, -0.1) is 0 Å². The number of aliphatic carboxylic acids is 1. The Kier molecular flexibility index (Phi) is 5.36. The van der Waals surface area contributed by atoms with E-state index in [9.17, 15) is 15.0 Å². The van der Waals surface area contributed by atoms with E-state index < -0.39 is 12.0 Å². The van der Waals surface area contributed by atoms with Gasteiger partial charge >= 0.3 is 5.97 Å². The molecule has 0 radical (unpaired) electrons. The van der Waals surface area contributed by atoms with Crippen LogP contribution in [0.3, 0.4) is 0 Å². The van der Waals surface area contributed by atoms with Crippen molar-refractivity contribution >= 4 is 5.97 Å². The number of hydrogen-bond donors (Lipinski definition) is 3. The lowest BCUT2D eigenvalue weighted by Crippen LogP contribution is -2.39. The summed E-state index contributed by atoms with van der Waals surface area (Å²) in [6, 6.07) is 4.62. The quantitative estimate of drug-likeness (QED) is 0.739. The third-order valence-electron chi connectivity index (χ3n) is 3.11. The zero-order chi connectivity index (χ0) is 14.6. The van der Waals surface area contributed by atoms with Gasteiger partial charge in [-0.1, -0.05) is 26.0 Å². The van der Waals surface area contributed by atoms with Gasteiger partial charge in [-0.25, -0.2) is 0 Å². The van der Waals surface area contributed by atoms with Crippen LogP contribution in [0.15, 0.2) is 18.2 Å². The third kappa shape index (κ3) is 4.56. The van der Waals surface area contributed by atoms with Crippen LogP contribution in [-0.4, -0.2) is 22.2 Å². The van der Waals surface area contributed by atoms with Gasteiger partial charge in [-0.05, 0) is 37.8 Å². The summed E-state index contributed by atoms with van der Waals surface area (Å²) in [4.78, 5) is 11.2. The fourth-order valence-electron chi connectivity index (χ4n) is 2.12. The summed E-state index contributed by atoms with van der Waals surface area (Å²) >= 11 is 0. The van der Waals surface area contributed by atoms with Crippen molar-refractivity contribution in [3.8, 4) is 5.75 Å². The Morgan fingerprint density at radius 3 is 2.42 bits per heavy atom. The van der Waals surface area contributed by atoms with Gasteiger partial charge in [0.25, 0.3) is 0 Å². The number of carbonyl (C=O) groups is 1. The van der Waals surface area contributed by atoms with Crippen molar-refractivity contribution in [2.45, 2.75) is 46.2 Å². The largest absolute Gasteiger partial charge is 0.508 e. The molecular formula is C15H23NO3. The van der Waals surface area contributed by atoms with Gasteiger partial charge in [0.15, 0.2) is 0 Å². The highest BCUT2D eigenvalue weighted by atomic mass is 16.4. The van der Waals surface area contributed by atoms with Crippen molar-refractivity contribution in [1.29, 1.82) is 0 Å². The van der Waals surface area contributed by atoms with Crippen LogP contribution in [0.4, 0.5) is 0 Å². The smallest absolute Gasteiger partial charge is 0.320 e. The van der Waals surface area contributed by atoms with E-state index in [1.54, 1.807) is 6.07 Å². The molecular weight excluding hydrogens is 242 g/mol. The number of benzene rings is 1. The molecule has 0 aromatic heterocycles. The third-order valence-corrected chi connectivity index (χ3v) is 3.11. The van der Waals surface area contributed by atoms with Gasteiger partial charge in [0.2, 0.25) is 0 Å². The molecule has 1 aromatic rings. The average molecular weight is 265 g/mol. The number of hydrogen-bond acceptors (Lipinski definition) is 3. The molecule has 3 N–H and O–H groups in total. The van der Waals surface area contributed by atoms with Gasteiger partial charge in [0.1, 0.15) is 11.8 Å². The van der Waals surface area contributed by atoms with Crippen LogP contribution in [0.5, 0.6) is 5.75 Å². The van der Waals surface area contributed by atoms with Crippen LogP contribution in [-0.2, 0) is 4.79 Å². The lowest BCUT2D eigenvalue weighted by atomic mass is 10.0. The second-order valence-corrected chi connectivity index (χ2v) is 5.47. The van der Waals surface area contributed by atoms with E-state index in [1.165, 1.54) is 0 Å². The monoisotopic (exact) mass is 265 g/mol. The number of nitrogens with one attached hydrogen (secondary N) is 1. The standard InChI is InChI=1S/C15H23NO3/c1-9(2)7-13(15(18)19)16-11(4)12-6-5-10(3)8-14(12)17/h5-6,8-9,11,13,16-17H,7H2,1-4H3,(H,18,19). The summed E-state index contributed by atoms with van der Waals surface area (Å²) in [7, 11) is 0. The predicted molar refractivity (Wildman–Crippen MR) is 75.3 cm³/mol. The Morgan fingerprint density at radius 1 is 1.32 bits per heavy atom. The Balaban J connectivity index is 2.81. The van der Waals surface area contributed by atoms with Crippen LogP contribution >= 0.6 is 0 Å². The van der Waals surface area contributed by atoms with E-state index in [4.69, 9.17) is 0 Å². The summed E-state index contributed by atoms with van der Waals surface area (Å²) in [5.41, 5.74) is 1.70. The summed E-state index contributed by atoms with van der Waals surface area (Å²) in [6.07, 6.45) is 0.562. The lowest BCUT2D eigenvalue weighted by molar-refractivity contribution is -0.140. The minimum Gasteiger partial charge on any atom is -0.508 e. The van der Waals surface area contributed by atoms with Gasteiger partial charge in [0.05, 0.1) is 0 Å². The van der Waals surface area contributed by atoms with Crippen LogP contribution < -0.4 is 5.32 Å². The maximum atomic E-state index is 11.2. The topological polar surface area (TPSA) is 69.6 Å². The second kappa shape index (κ2) is 6.57. The van der Waals surface area contributed by atoms with E-state index in [2.05, 4.69) is 5.32 Å². The molecule has 0 saturated carbocycles. The van der Waals surface area contributed by atoms with Crippen molar-refractivity contribution in [1.82, 2.24) is 5.32 Å². The van der Waals surface area contributed by atoms with Gasteiger partial charge in [-0.2, -0.15) is 0 Å². The zero-order valence-corrected chi connectivity index (χ0v) is 12.0. The lowest BCUT2D eigenvalue weighted by Gasteiger charge is -2.22. The molecule has 19 heavy (non-hydrogen) atoms. The van der Waals surface area contributed by atoms with Gasteiger partial charge in [-0.3, -0.25) is 10.1 Å². The fourth-order valence-corrected chi connectivity index (χ4v) is 2.12. The normalized spacial score (nSPS) is 14.4. The Bertz CT molecular complexity index is 443. The Morgan fingerprint density at radius 2 is 1.95 bits per heavy atom. The fraction of sp³-hybridized carbons (Fsp3) is 0.533. The second-order valence-electron chi connectivity index (χ2n) is 5.47. The summed E-state index contributed by atoms with van der Waals surface area (Å²) < 4.78 is 0. The molecule has 2 unspecified atom stereocenters. The van der Waals surface area contributed by atoms with Gasteiger partial charge in [0, 0.05) is 11.6 Å². The van der Waals surface area contributed by atoms with E-state index >= 15 is 0 Å². The molecule has 0 aliphatic rings. The maximum Gasteiger partial charge on any atom is 0.320 e. The molecule has 0 amide bonds. The first-order chi connectivity index (χ1) is 8.81.